The summed E-state index contributed by atoms with van der Waals surface area (Å²) in [6, 6.07) is -5.63. The van der Waals surface area contributed by atoms with E-state index in [-0.39, 0.29) is 6.42 Å². The second-order valence-electron chi connectivity index (χ2n) is 6.45. The van der Waals surface area contributed by atoms with Crippen LogP contribution in [0.3, 0.4) is 0 Å². The highest BCUT2D eigenvalue weighted by atomic mass is 16.4. The maximum absolute atomic E-state index is 12.5. The van der Waals surface area contributed by atoms with Gasteiger partial charge in [0.25, 0.3) is 0 Å². The standard InChI is InChI=1S/C16H30N6O8/c17-4-2-1-3-9(14(27)21-10(16(29)30)5-12(19)25)20-15(28)11(7-24)22-13(26)8(18)6-23/h8-11,23-24H,1-7,17-18H2,(H2,19,25)(H,20,28)(H,21,27)(H,22,26)(H,29,30). The van der Waals surface area contributed by atoms with Crippen molar-refractivity contribution in [2.45, 2.75) is 49.9 Å². The molecule has 0 fully saturated rings. The van der Waals surface area contributed by atoms with Gasteiger partial charge in [0.15, 0.2) is 0 Å². The van der Waals surface area contributed by atoms with Crippen LogP contribution in [0.4, 0.5) is 0 Å². The Morgan fingerprint density at radius 3 is 1.80 bits per heavy atom. The van der Waals surface area contributed by atoms with Crippen LogP contribution in [-0.2, 0) is 24.0 Å². The van der Waals surface area contributed by atoms with Gasteiger partial charge in [0, 0.05) is 0 Å². The molecule has 0 aliphatic heterocycles. The number of unbranched alkanes of at least 4 members (excludes halogenated alkanes) is 1. The van der Waals surface area contributed by atoms with E-state index in [1.54, 1.807) is 0 Å². The fourth-order valence-corrected chi connectivity index (χ4v) is 2.26. The van der Waals surface area contributed by atoms with Crippen molar-refractivity contribution in [2.75, 3.05) is 19.8 Å². The molecule has 14 nitrogen and oxygen atoms in total. The first kappa shape index (κ1) is 27.2. The summed E-state index contributed by atoms with van der Waals surface area (Å²) in [5.74, 6) is -5.18. The maximum atomic E-state index is 12.5. The topological polar surface area (TPSA) is 260 Å². The number of carboxylic acids is 1. The van der Waals surface area contributed by atoms with Crippen molar-refractivity contribution in [3.8, 4) is 0 Å². The molecule has 0 aromatic rings. The molecule has 4 unspecified atom stereocenters. The zero-order valence-electron chi connectivity index (χ0n) is 16.4. The van der Waals surface area contributed by atoms with Crippen LogP contribution in [0.15, 0.2) is 0 Å². The number of aliphatic hydroxyl groups excluding tert-OH is 2. The number of carbonyl (C=O) groups excluding carboxylic acids is 4. The normalized spacial score (nSPS) is 14.7. The first-order valence-electron chi connectivity index (χ1n) is 9.16. The summed E-state index contributed by atoms with van der Waals surface area (Å²) in [6.07, 6.45) is 0.321. The molecular formula is C16H30N6O8. The number of primary amides is 1. The van der Waals surface area contributed by atoms with Gasteiger partial charge >= 0.3 is 5.97 Å². The molecule has 0 aliphatic rings. The van der Waals surface area contributed by atoms with Gasteiger partial charge in [0.2, 0.25) is 23.6 Å². The summed E-state index contributed by atoms with van der Waals surface area (Å²) in [5, 5.41) is 33.9. The van der Waals surface area contributed by atoms with Crippen LogP contribution < -0.4 is 33.2 Å². The fraction of sp³-hybridized carbons (Fsp3) is 0.688. The van der Waals surface area contributed by atoms with Crippen molar-refractivity contribution in [3.63, 3.8) is 0 Å². The second-order valence-corrected chi connectivity index (χ2v) is 6.45. The molecule has 0 saturated heterocycles. The third-order valence-corrected chi connectivity index (χ3v) is 3.95. The zero-order chi connectivity index (χ0) is 23.3. The largest absolute Gasteiger partial charge is 0.480 e. The molecule has 0 heterocycles. The number of carbonyl (C=O) groups is 5. The summed E-state index contributed by atoms with van der Waals surface area (Å²) >= 11 is 0. The highest BCUT2D eigenvalue weighted by Crippen LogP contribution is 2.04. The van der Waals surface area contributed by atoms with Crippen molar-refractivity contribution < 1.29 is 39.3 Å². The Kier molecular flexibility index (Phi) is 12.9. The van der Waals surface area contributed by atoms with E-state index < -0.39 is 73.4 Å². The molecule has 0 aromatic carbocycles. The maximum Gasteiger partial charge on any atom is 0.326 e. The molecule has 0 bridgehead atoms. The van der Waals surface area contributed by atoms with E-state index in [1.807, 2.05) is 0 Å². The van der Waals surface area contributed by atoms with Crippen molar-refractivity contribution in [1.82, 2.24) is 16.0 Å². The van der Waals surface area contributed by atoms with E-state index >= 15 is 0 Å². The highest BCUT2D eigenvalue weighted by Gasteiger charge is 2.30. The van der Waals surface area contributed by atoms with E-state index in [4.69, 9.17) is 27.4 Å². The number of hydrogen-bond donors (Lipinski definition) is 9. The lowest BCUT2D eigenvalue weighted by Gasteiger charge is -2.24. The molecule has 12 N–H and O–H groups in total. The first-order chi connectivity index (χ1) is 14.1. The number of rotatable bonds is 15. The van der Waals surface area contributed by atoms with Crippen LogP contribution in [0.5, 0.6) is 0 Å². The van der Waals surface area contributed by atoms with Crippen LogP contribution in [0.25, 0.3) is 0 Å². The first-order valence-corrected chi connectivity index (χ1v) is 9.16. The van der Waals surface area contributed by atoms with Gasteiger partial charge in [-0.1, -0.05) is 0 Å². The zero-order valence-corrected chi connectivity index (χ0v) is 16.4. The number of aliphatic carboxylic acids is 1. The van der Waals surface area contributed by atoms with E-state index in [1.165, 1.54) is 0 Å². The molecular weight excluding hydrogens is 404 g/mol. The van der Waals surface area contributed by atoms with E-state index in [0.29, 0.717) is 19.4 Å². The number of nitrogens with two attached hydrogens (primary N) is 3. The number of aliphatic hydroxyl groups is 2. The van der Waals surface area contributed by atoms with E-state index in [0.717, 1.165) is 0 Å². The molecule has 0 spiro atoms. The minimum Gasteiger partial charge on any atom is -0.480 e. The quantitative estimate of drug-likeness (QED) is 0.111. The number of hydrogen-bond acceptors (Lipinski definition) is 9. The summed E-state index contributed by atoms with van der Waals surface area (Å²) in [6.45, 7) is -1.20. The molecule has 0 aromatic heterocycles. The number of amides is 4. The highest BCUT2D eigenvalue weighted by molar-refractivity contribution is 5.94. The van der Waals surface area contributed by atoms with Crippen molar-refractivity contribution in [2.24, 2.45) is 17.2 Å². The summed E-state index contributed by atoms with van der Waals surface area (Å²) < 4.78 is 0. The summed E-state index contributed by atoms with van der Waals surface area (Å²) in [7, 11) is 0. The van der Waals surface area contributed by atoms with Gasteiger partial charge in [0.1, 0.15) is 24.2 Å². The molecule has 14 heteroatoms. The molecule has 30 heavy (non-hydrogen) atoms. The molecule has 0 aliphatic carbocycles. The van der Waals surface area contributed by atoms with Crippen LogP contribution in [0.1, 0.15) is 25.7 Å². The van der Waals surface area contributed by atoms with Gasteiger partial charge in [-0.25, -0.2) is 4.79 Å². The number of nitrogens with one attached hydrogen (secondary N) is 3. The lowest BCUT2D eigenvalue weighted by molar-refractivity contribution is -0.143. The molecule has 0 rings (SSSR count). The lowest BCUT2D eigenvalue weighted by Crippen LogP contribution is -2.58. The van der Waals surface area contributed by atoms with Crippen molar-refractivity contribution in [3.05, 3.63) is 0 Å². The molecule has 0 saturated carbocycles. The minimum atomic E-state index is -1.60. The predicted octanol–water partition coefficient (Wildman–Crippen LogP) is -5.16. The van der Waals surface area contributed by atoms with Gasteiger partial charge in [-0.3, -0.25) is 19.2 Å². The van der Waals surface area contributed by atoms with Gasteiger partial charge in [-0.15, -0.1) is 0 Å². The van der Waals surface area contributed by atoms with Gasteiger partial charge in [0.05, 0.1) is 19.6 Å². The van der Waals surface area contributed by atoms with Crippen molar-refractivity contribution >= 4 is 29.6 Å². The average Bonchev–Trinajstić information content (AvgIpc) is 2.69. The minimum absolute atomic E-state index is 0.0694. The van der Waals surface area contributed by atoms with Gasteiger partial charge in [-0.2, -0.15) is 0 Å². The van der Waals surface area contributed by atoms with Crippen LogP contribution >= 0.6 is 0 Å². The average molecular weight is 434 g/mol. The Balaban J connectivity index is 5.26. The van der Waals surface area contributed by atoms with Crippen LogP contribution in [0.2, 0.25) is 0 Å². The molecule has 0 radical (unpaired) electrons. The third-order valence-electron chi connectivity index (χ3n) is 3.95. The molecule has 172 valence electrons. The third kappa shape index (κ3) is 10.1. The lowest BCUT2D eigenvalue weighted by atomic mass is 10.1. The molecule has 4 atom stereocenters. The Hall–Kier alpha value is -2.81. The van der Waals surface area contributed by atoms with Gasteiger partial charge in [-0.05, 0) is 25.8 Å². The summed E-state index contributed by atoms with van der Waals surface area (Å²) in [5.41, 5.74) is 15.7. The fourth-order valence-electron chi connectivity index (χ4n) is 2.26. The predicted molar refractivity (Wildman–Crippen MR) is 102 cm³/mol. The monoisotopic (exact) mass is 434 g/mol. The van der Waals surface area contributed by atoms with Crippen LogP contribution in [0, 0.1) is 0 Å². The van der Waals surface area contributed by atoms with Crippen LogP contribution in [-0.4, -0.2) is 88.8 Å². The Labute approximate surface area is 172 Å². The Bertz CT molecular complexity index is 617. The van der Waals surface area contributed by atoms with Gasteiger partial charge < -0.3 is 48.5 Å². The van der Waals surface area contributed by atoms with Crippen molar-refractivity contribution in [1.29, 1.82) is 0 Å². The second kappa shape index (κ2) is 14.2. The Morgan fingerprint density at radius 2 is 1.33 bits per heavy atom. The van der Waals surface area contributed by atoms with E-state index in [9.17, 15) is 29.1 Å². The molecule has 4 amide bonds. The SMILES string of the molecule is NCCCCC(NC(=O)C(CO)NC(=O)C(N)CO)C(=O)NC(CC(N)=O)C(=O)O. The Morgan fingerprint density at radius 1 is 0.800 bits per heavy atom. The number of carboxylic acid groups (broad SMARTS) is 1. The smallest absolute Gasteiger partial charge is 0.326 e. The summed E-state index contributed by atoms with van der Waals surface area (Å²) in [4.78, 5) is 58.8. The van der Waals surface area contributed by atoms with E-state index in [2.05, 4.69) is 16.0 Å².